The first-order valence-corrected chi connectivity index (χ1v) is 16.5. The number of ether oxygens (including phenoxy) is 4. The fourth-order valence-corrected chi connectivity index (χ4v) is 6.09. The molecule has 2 rings (SSSR count). The van der Waals surface area contributed by atoms with Crippen molar-refractivity contribution in [2.24, 2.45) is 17.8 Å². The van der Waals surface area contributed by atoms with Gasteiger partial charge in [0.1, 0.15) is 23.7 Å². The van der Waals surface area contributed by atoms with Crippen molar-refractivity contribution in [3.05, 3.63) is 22.3 Å². The van der Waals surface area contributed by atoms with Crippen molar-refractivity contribution >= 4 is 11.9 Å². The number of benzene rings is 1. The second kappa shape index (κ2) is 19.3. The molecule has 248 valence electrons. The zero-order valence-electron chi connectivity index (χ0n) is 29.0. The fraction of sp³-hybridized carbons (Fsp3) is 0.778. The lowest BCUT2D eigenvalue weighted by Gasteiger charge is -2.38. The van der Waals surface area contributed by atoms with Crippen LogP contribution < -0.4 is 15.6 Å². The monoisotopic (exact) mass is 605 g/mol. The van der Waals surface area contributed by atoms with Gasteiger partial charge < -0.3 is 25.1 Å². The van der Waals surface area contributed by atoms with Gasteiger partial charge in [-0.1, -0.05) is 72.6 Å². The summed E-state index contributed by atoms with van der Waals surface area (Å²) in [5.74, 6) is 3.12. The lowest BCUT2D eigenvalue weighted by molar-refractivity contribution is -0.147. The number of fused-ring (bicyclic) bond motifs is 1. The Hall–Kier alpha value is -2.12. The van der Waals surface area contributed by atoms with E-state index in [0.717, 1.165) is 65.0 Å². The minimum absolute atomic E-state index is 0. The molecular formula is C36H63NO6. The smallest absolute Gasteiger partial charge is 0.311 e. The maximum absolute atomic E-state index is 12.6. The van der Waals surface area contributed by atoms with Crippen LogP contribution >= 0.6 is 0 Å². The highest BCUT2D eigenvalue weighted by atomic mass is 16.6. The summed E-state index contributed by atoms with van der Waals surface area (Å²) in [6.07, 6.45) is 13.4. The topological polar surface area (TPSA) is 106 Å². The maximum Gasteiger partial charge on any atom is 0.311 e. The average molecular weight is 606 g/mol. The lowest BCUT2D eigenvalue weighted by Crippen LogP contribution is -2.37. The molecule has 0 aliphatic carbocycles. The van der Waals surface area contributed by atoms with E-state index in [2.05, 4.69) is 41.5 Å². The molecule has 1 aromatic carbocycles. The molecule has 7 heteroatoms. The van der Waals surface area contributed by atoms with E-state index in [1.807, 2.05) is 13.8 Å². The van der Waals surface area contributed by atoms with Crippen LogP contribution in [0.1, 0.15) is 134 Å². The van der Waals surface area contributed by atoms with Gasteiger partial charge in [-0.2, -0.15) is 0 Å². The zero-order chi connectivity index (χ0) is 31.3. The van der Waals surface area contributed by atoms with Crippen LogP contribution in [0.25, 0.3) is 0 Å². The van der Waals surface area contributed by atoms with Crippen molar-refractivity contribution in [2.75, 3.05) is 20.3 Å². The fourth-order valence-electron chi connectivity index (χ4n) is 6.09. The third-order valence-corrected chi connectivity index (χ3v) is 9.14. The summed E-state index contributed by atoms with van der Waals surface area (Å²) in [4.78, 5) is 24.4. The summed E-state index contributed by atoms with van der Waals surface area (Å²) in [6, 6.07) is 0. The molecule has 0 spiro atoms. The Bertz CT molecular complexity index is 1010. The Morgan fingerprint density at radius 1 is 0.814 bits per heavy atom. The largest absolute Gasteiger partial charge is 0.487 e. The van der Waals surface area contributed by atoms with Gasteiger partial charge >= 0.3 is 11.9 Å². The molecule has 1 aliphatic heterocycles. The Balaban J connectivity index is 0.00000924. The van der Waals surface area contributed by atoms with Gasteiger partial charge in [-0.25, -0.2) is 0 Å². The number of hydrogen-bond acceptors (Lipinski definition) is 7. The Labute approximate surface area is 262 Å². The molecule has 0 radical (unpaired) electrons. The number of carbonyl (C=O) groups excluding carboxylic acids is 2. The summed E-state index contributed by atoms with van der Waals surface area (Å²) < 4.78 is 22.4. The first kappa shape index (κ1) is 38.9. The van der Waals surface area contributed by atoms with Gasteiger partial charge in [-0.05, 0) is 87.8 Å². The van der Waals surface area contributed by atoms with Crippen molar-refractivity contribution in [2.45, 2.75) is 144 Å². The molecule has 0 fully saturated rings. The van der Waals surface area contributed by atoms with Gasteiger partial charge in [0.25, 0.3) is 0 Å². The van der Waals surface area contributed by atoms with Gasteiger partial charge in [-0.15, -0.1) is 0 Å². The SMILES string of the molecule is COCCOC(=O)CCC(=O)Oc1c(C)c(C)c2c(c1C)CCC(C)(CCCC(C)CCCC(C)CCCC(C)C)O2.N. The van der Waals surface area contributed by atoms with E-state index in [9.17, 15) is 9.59 Å². The average Bonchev–Trinajstić information content (AvgIpc) is 2.93. The maximum atomic E-state index is 12.6. The van der Waals surface area contributed by atoms with Gasteiger partial charge in [0.05, 0.1) is 19.4 Å². The van der Waals surface area contributed by atoms with Crippen LogP contribution in [-0.4, -0.2) is 37.9 Å². The van der Waals surface area contributed by atoms with Crippen molar-refractivity contribution in [3.63, 3.8) is 0 Å². The normalized spacial score (nSPS) is 17.4. The first-order valence-electron chi connectivity index (χ1n) is 16.5. The molecule has 0 amide bonds. The van der Waals surface area contributed by atoms with E-state index in [1.54, 1.807) is 7.11 Å². The third kappa shape index (κ3) is 13.2. The second-order valence-electron chi connectivity index (χ2n) is 13.6. The third-order valence-electron chi connectivity index (χ3n) is 9.14. The van der Waals surface area contributed by atoms with Crippen molar-refractivity contribution in [1.82, 2.24) is 6.15 Å². The predicted octanol–water partition coefficient (Wildman–Crippen LogP) is 9.17. The number of hydrogen-bond donors (Lipinski definition) is 1. The molecule has 7 nitrogen and oxygen atoms in total. The summed E-state index contributed by atoms with van der Waals surface area (Å²) >= 11 is 0. The highest BCUT2D eigenvalue weighted by Gasteiger charge is 2.35. The molecule has 0 saturated heterocycles. The van der Waals surface area contributed by atoms with E-state index in [1.165, 1.54) is 51.4 Å². The number of esters is 2. The molecule has 1 aromatic rings. The quantitative estimate of drug-likeness (QED) is 0.0952. The van der Waals surface area contributed by atoms with Crippen LogP contribution in [0, 0.1) is 38.5 Å². The molecule has 3 N–H and O–H groups in total. The molecule has 3 unspecified atom stereocenters. The molecule has 0 saturated carbocycles. The van der Waals surface area contributed by atoms with E-state index in [4.69, 9.17) is 18.9 Å². The van der Waals surface area contributed by atoms with E-state index in [0.29, 0.717) is 12.4 Å². The lowest BCUT2D eigenvalue weighted by atomic mass is 9.83. The Kier molecular flexibility index (Phi) is 17.5. The molecule has 1 aliphatic rings. The minimum Gasteiger partial charge on any atom is -0.487 e. The van der Waals surface area contributed by atoms with E-state index in [-0.39, 0.29) is 31.2 Å². The molecule has 43 heavy (non-hydrogen) atoms. The Morgan fingerprint density at radius 3 is 2.00 bits per heavy atom. The van der Waals surface area contributed by atoms with E-state index >= 15 is 0 Å². The van der Waals surface area contributed by atoms with Crippen LogP contribution in [0.3, 0.4) is 0 Å². The summed E-state index contributed by atoms with van der Waals surface area (Å²) in [5, 5.41) is 0. The molecule has 0 bridgehead atoms. The van der Waals surface area contributed by atoms with E-state index < -0.39 is 11.9 Å². The van der Waals surface area contributed by atoms with Gasteiger partial charge in [0, 0.05) is 12.7 Å². The van der Waals surface area contributed by atoms with Gasteiger partial charge in [0.2, 0.25) is 0 Å². The van der Waals surface area contributed by atoms with Gasteiger partial charge in [-0.3, -0.25) is 9.59 Å². The second-order valence-corrected chi connectivity index (χ2v) is 13.6. The van der Waals surface area contributed by atoms with Crippen molar-refractivity contribution in [3.8, 4) is 11.5 Å². The van der Waals surface area contributed by atoms with Crippen molar-refractivity contribution in [1.29, 1.82) is 0 Å². The summed E-state index contributed by atoms with van der Waals surface area (Å²) in [6.45, 7) is 18.3. The van der Waals surface area contributed by atoms with Crippen LogP contribution in [0.5, 0.6) is 11.5 Å². The molecule has 0 aromatic heterocycles. The molecular weight excluding hydrogens is 542 g/mol. The van der Waals surface area contributed by atoms with Crippen LogP contribution in [0.15, 0.2) is 0 Å². The molecule has 3 atom stereocenters. The predicted molar refractivity (Wildman–Crippen MR) is 175 cm³/mol. The number of carbonyl (C=O) groups is 2. The summed E-state index contributed by atoms with van der Waals surface area (Å²) in [7, 11) is 1.54. The number of rotatable bonds is 19. The minimum atomic E-state index is -0.430. The standard InChI is InChI=1S/C36H60O6.H3N/c1-25(2)13-10-14-26(3)15-11-16-27(4)17-12-21-36(8)22-20-31-30(7)34(28(5)29(6)35(31)42-36)41-33(38)19-18-32(37)40-24-23-39-9;/h25-27H,10-24H2,1-9H3;1H3. The first-order chi connectivity index (χ1) is 19.9. The summed E-state index contributed by atoms with van der Waals surface area (Å²) in [5.41, 5.74) is 3.85. The highest BCUT2D eigenvalue weighted by Crippen LogP contribution is 2.45. The highest BCUT2D eigenvalue weighted by molar-refractivity contribution is 5.80. The zero-order valence-corrected chi connectivity index (χ0v) is 29.0. The Morgan fingerprint density at radius 2 is 1.40 bits per heavy atom. The van der Waals surface area contributed by atoms with Crippen LogP contribution in [0.4, 0.5) is 0 Å². The number of methoxy groups -OCH3 is 1. The van der Waals surface area contributed by atoms with Crippen LogP contribution in [-0.2, 0) is 25.5 Å². The van der Waals surface area contributed by atoms with Crippen molar-refractivity contribution < 1.29 is 28.5 Å². The van der Waals surface area contributed by atoms with Crippen LogP contribution in [0.2, 0.25) is 0 Å². The van der Waals surface area contributed by atoms with Gasteiger partial charge in [0.15, 0.2) is 0 Å². The molecule has 1 heterocycles.